The molecule has 5 nitrogen and oxygen atoms in total. The molecule has 0 aliphatic heterocycles. The van der Waals surface area contributed by atoms with Gasteiger partial charge in [0.2, 0.25) is 5.91 Å². The Bertz CT molecular complexity index is 687. The normalized spacial score (nSPS) is 13.9. The molecule has 1 atom stereocenters. The quantitative estimate of drug-likeness (QED) is 0.610. The van der Waals surface area contributed by atoms with E-state index in [4.69, 9.17) is 4.74 Å². The summed E-state index contributed by atoms with van der Waals surface area (Å²) in [6.07, 6.45) is 1.71. The van der Waals surface area contributed by atoms with Crippen LogP contribution in [0.5, 0.6) is 0 Å². The molecule has 5 heteroatoms. The number of esters is 1. The fourth-order valence-corrected chi connectivity index (χ4v) is 2.50. The maximum Gasteiger partial charge on any atom is 0.313 e. The first kappa shape index (κ1) is 20.4. The second kappa shape index (κ2) is 7.52. The van der Waals surface area contributed by atoms with Crippen LogP contribution in [0.1, 0.15) is 39.7 Å². The van der Waals surface area contributed by atoms with Gasteiger partial charge in [-0.25, -0.2) is 0 Å². The molecule has 0 saturated carbocycles. The lowest BCUT2D eigenvalue weighted by atomic mass is 9.72. The lowest BCUT2D eigenvalue weighted by Gasteiger charge is -2.41. The van der Waals surface area contributed by atoms with Crippen molar-refractivity contribution in [1.82, 2.24) is 5.32 Å². The van der Waals surface area contributed by atoms with Crippen LogP contribution in [0.3, 0.4) is 0 Å². The number of nitrogens with zero attached hydrogens (tertiary/aromatic N) is 1. The molecule has 1 aromatic rings. The van der Waals surface area contributed by atoms with Crippen LogP contribution in [0.4, 0.5) is 0 Å². The Labute approximate surface area is 149 Å². The molecule has 0 saturated heterocycles. The highest BCUT2D eigenvalue weighted by molar-refractivity contribution is 5.93. The molecule has 1 N–H and O–H groups in total. The van der Waals surface area contributed by atoms with E-state index in [0.717, 1.165) is 0 Å². The van der Waals surface area contributed by atoms with E-state index in [1.807, 2.05) is 6.07 Å². The number of hydrogen-bond donors (Lipinski definition) is 1. The van der Waals surface area contributed by atoms with Crippen molar-refractivity contribution in [3.8, 4) is 6.07 Å². The van der Waals surface area contributed by atoms with E-state index in [1.54, 1.807) is 58.0 Å². The van der Waals surface area contributed by atoms with E-state index in [1.165, 1.54) is 7.11 Å². The molecule has 0 radical (unpaired) electrons. The zero-order valence-corrected chi connectivity index (χ0v) is 15.6. The van der Waals surface area contributed by atoms with E-state index >= 15 is 0 Å². The summed E-state index contributed by atoms with van der Waals surface area (Å²) in [5, 5.41) is 12.7. The number of allylic oxidation sites excluding steroid dienone is 1. The molecule has 1 aromatic carbocycles. The number of benzene rings is 1. The maximum absolute atomic E-state index is 13.1. The molecule has 1 rings (SSSR count). The van der Waals surface area contributed by atoms with Gasteiger partial charge in [0.1, 0.15) is 0 Å². The third-order valence-electron chi connectivity index (χ3n) is 4.98. The van der Waals surface area contributed by atoms with Crippen molar-refractivity contribution in [3.05, 3.63) is 48.6 Å². The molecule has 0 fully saturated rings. The Morgan fingerprint density at radius 3 is 2.24 bits per heavy atom. The van der Waals surface area contributed by atoms with E-state index < -0.39 is 28.2 Å². The number of nitriles is 1. The van der Waals surface area contributed by atoms with Crippen molar-refractivity contribution in [3.63, 3.8) is 0 Å². The lowest BCUT2D eigenvalue weighted by Crippen LogP contribution is -2.60. The van der Waals surface area contributed by atoms with Gasteiger partial charge in [-0.1, -0.05) is 36.4 Å². The zero-order chi connectivity index (χ0) is 19.3. The van der Waals surface area contributed by atoms with Crippen LogP contribution in [0.25, 0.3) is 0 Å². The van der Waals surface area contributed by atoms with Gasteiger partial charge in [-0.3, -0.25) is 9.59 Å². The van der Waals surface area contributed by atoms with Gasteiger partial charge in [-0.15, -0.1) is 6.58 Å². The Kier molecular flexibility index (Phi) is 6.15. The number of nitrogens with one attached hydrogen (secondary N) is 1. The molecule has 0 spiro atoms. The molecule has 0 heterocycles. The number of hydrogen-bond acceptors (Lipinski definition) is 4. The first-order chi connectivity index (χ1) is 11.6. The van der Waals surface area contributed by atoms with Crippen molar-refractivity contribution in [2.24, 2.45) is 5.41 Å². The predicted octanol–water partition coefficient (Wildman–Crippen LogP) is 3.12. The van der Waals surface area contributed by atoms with Gasteiger partial charge in [-0.2, -0.15) is 5.26 Å². The topological polar surface area (TPSA) is 79.2 Å². The van der Waals surface area contributed by atoms with Crippen molar-refractivity contribution in [2.45, 2.75) is 45.1 Å². The number of rotatable bonds is 7. The summed E-state index contributed by atoms with van der Waals surface area (Å²) < 4.78 is 4.86. The van der Waals surface area contributed by atoms with Crippen LogP contribution in [0, 0.1) is 16.7 Å². The number of amides is 1. The molecule has 0 bridgehead atoms. The average Bonchev–Trinajstić information content (AvgIpc) is 2.58. The average molecular weight is 342 g/mol. The minimum absolute atomic E-state index is 0.161. The van der Waals surface area contributed by atoms with Crippen LogP contribution in [0.15, 0.2) is 43.0 Å². The summed E-state index contributed by atoms with van der Waals surface area (Å²) >= 11 is 0. The van der Waals surface area contributed by atoms with Crippen LogP contribution < -0.4 is 5.32 Å². The molecule has 134 valence electrons. The second-order valence-electron chi connectivity index (χ2n) is 7.07. The van der Waals surface area contributed by atoms with E-state index in [2.05, 4.69) is 18.0 Å². The van der Waals surface area contributed by atoms with Crippen molar-refractivity contribution < 1.29 is 14.3 Å². The minimum Gasteiger partial charge on any atom is -0.469 e. The lowest BCUT2D eigenvalue weighted by molar-refractivity contribution is -0.155. The second-order valence-corrected chi connectivity index (χ2v) is 7.07. The van der Waals surface area contributed by atoms with Crippen LogP contribution in [-0.4, -0.2) is 24.5 Å². The third-order valence-corrected chi connectivity index (χ3v) is 4.98. The summed E-state index contributed by atoms with van der Waals surface area (Å²) in [7, 11) is 1.31. The first-order valence-electron chi connectivity index (χ1n) is 8.07. The highest BCUT2D eigenvalue weighted by Gasteiger charge is 2.49. The van der Waals surface area contributed by atoms with Crippen LogP contribution in [0.2, 0.25) is 0 Å². The first-order valence-corrected chi connectivity index (χ1v) is 8.07. The zero-order valence-electron chi connectivity index (χ0n) is 15.6. The molecule has 0 aliphatic carbocycles. The standard InChI is InChI=1S/C20H26N2O3/c1-7-13-20(14-21,15-11-9-8-10-12-15)16(23)22-19(4,5)18(2,3)17(24)25-6/h7-12H,1,13H2,2-6H3,(H,22,23). The summed E-state index contributed by atoms with van der Waals surface area (Å²) in [6.45, 7) is 10.6. The molecule has 1 unspecified atom stereocenters. The summed E-state index contributed by atoms with van der Waals surface area (Å²) in [6, 6.07) is 11.0. The molecule has 25 heavy (non-hydrogen) atoms. The van der Waals surface area contributed by atoms with Crippen LogP contribution in [-0.2, 0) is 19.7 Å². The number of ether oxygens (including phenoxy) is 1. The highest BCUT2D eigenvalue weighted by Crippen LogP contribution is 2.35. The molecular weight excluding hydrogens is 316 g/mol. The van der Waals surface area contributed by atoms with Crippen LogP contribution >= 0.6 is 0 Å². The number of methoxy groups -OCH3 is 1. The SMILES string of the molecule is C=CCC(C#N)(C(=O)NC(C)(C)C(C)(C)C(=O)OC)c1ccccc1. The van der Waals surface area contributed by atoms with Crippen molar-refractivity contribution >= 4 is 11.9 Å². The van der Waals surface area contributed by atoms with E-state index in [0.29, 0.717) is 5.56 Å². The van der Waals surface area contributed by atoms with Gasteiger partial charge in [-0.05, 0) is 39.7 Å². The minimum atomic E-state index is -1.41. The van der Waals surface area contributed by atoms with Gasteiger partial charge in [0.05, 0.1) is 24.1 Å². The molecule has 0 aromatic heterocycles. The van der Waals surface area contributed by atoms with Gasteiger partial charge >= 0.3 is 5.97 Å². The fraction of sp³-hybridized carbons (Fsp3) is 0.450. The Morgan fingerprint density at radius 2 is 1.80 bits per heavy atom. The summed E-state index contributed by atoms with van der Waals surface area (Å²) in [5.41, 5.74) is -2.74. The number of carbonyl (C=O) groups excluding carboxylic acids is 2. The highest BCUT2D eigenvalue weighted by atomic mass is 16.5. The summed E-state index contributed by atoms with van der Waals surface area (Å²) in [4.78, 5) is 25.2. The van der Waals surface area contributed by atoms with Crippen molar-refractivity contribution in [2.75, 3.05) is 7.11 Å². The Hall–Kier alpha value is -2.61. The van der Waals surface area contributed by atoms with Gasteiger partial charge in [0.15, 0.2) is 5.41 Å². The summed E-state index contributed by atoms with van der Waals surface area (Å²) in [5.74, 6) is -0.910. The van der Waals surface area contributed by atoms with Gasteiger partial charge < -0.3 is 10.1 Å². The predicted molar refractivity (Wildman–Crippen MR) is 96.6 cm³/mol. The van der Waals surface area contributed by atoms with E-state index in [9.17, 15) is 14.9 Å². The largest absolute Gasteiger partial charge is 0.469 e. The smallest absolute Gasteiger partial charge is 0.313 e. The third kappa shape index (κ3) is 3.74. The van der Waals surface area contributed by atoms with Crippen molar-refractivity contribution in [1.29, 1.82) is 5.26 Å². The fourth-order valence-electron chi connectivity index (χ4n) is 2.50. The Morgan fingerprint density at radius 1 is 1.24 bits per heavy atom. The van der Waals surface area contributed by atoms with Gasteiger partial charge in [0, 0.05) is 0 Å². The molecular formula is C20H26N2O3. The monoisotopic (exact) mass is 342 g/mol. The number of carbonyl (C=O) groups is 2. The molecule has 0 aliphatic rings. The molecule has 1 amide bonds. The Balaban J connectivity index is 3.31. The maximum atomic E-state index is 13.1. The van der Waals surface area contributed by atoms with Gasteiger partial charge in [0.25, 0.3) is 0 Å². The van der Waals surface area contributed by atoms with E-state index in [-0.39, 0.29) is 6.42 Å².